The molecular formula is C30H45N3O5. The second-order valence-corrected chi connectivity index (χ2v) is 10.7. The normalized spacial score (nSPS) is 17.0. The maximum absolute atomic E-state index is 13.1. The van der Waals surface area contributed by atoms with Crippen LogP contribution >= 0.6 is 0 Å². The van der Waals surface area contributed by atoms with Crippen LogP contribution in [0.2, 0.25) is 0 Å². The third-order valence-electron chi connectivity index (χ3n) is 7.81. The van der Waals surface area contributed by atoms with E-state index in [0.29, 0.717) is 23.4 Å². The molecule has 1 aromatic carbocycles. The topological polar surface area (TPSA) is 107 Å². The highest BCUT2D eigenvalue weighted by Gasteiger charge is 2.40. The number of piperidine rings is 1. The van der Waals surface area contributed by atoms with E-state index in [4.69, 9.17) is 0 Å². The summed E-state index contributed by atoms with van der Waals surface area (Å²) < 4.78 is 0. The van der Waals surface area contributed by atoms with Gasteiger partial charge < -0.3 is 10.0 Å². The number of carboxylic acid groups (broad SMARTS) is 1. The van der Waals surface area contributed by atoms with E-state index >= 15 is 0 Å². The molecule has 1 atom stereocenters. The van der Waals surface area contributed by atoms with Gasteiger partial charge in [-0.05, 0) is 25.0 Å². The quantitative estimate of drug-likeness (QED) is 0.180. The van der Waals surface area contributed by atoms with Crippen molar-refractivity contribution in [3.05, 3.63) is 29.3 Å². The van der Waals surface area contributed by atoms with Crippen LogP contribution in [0.3, 0.4) is 0 Å². The van der Waals surface area contributed by atoms with Crippen molar-refractivity contribution >= 4 is 29.5 Å². The molecule has 38 heavy (non-hydrogen) atoms. The lowest BCUT2D eigenvalue weighted by molar-refractivity contribution is -0.136. The molecule has 1 saturated heterocycles. The zero-order valence-corrected chi connectivity index (χ0v) is 23.0. The summed E-state index contributed by atoms with van der Waals surface area (Å²) in [4.78, 5) is 51.9. The molecular weight excluding hydrogens is 482 g/mol. The Morgan fingerprint density at radius 3 is 2.05 bits per heavy atom. The fourth-order valence-electron chi connectivity index (χ4n) is 5.61. The average Bonchev–Trinajstić information content (AvgIpc) is 3.22. The number of nitrogens with zero attached hydrogens (tertiary/aromatic N) is 2. The first-order valence-corrected chi connectivity index (χ1v) is 14.7. The molecule has 0 radical (unpaired) electrons. The van der Waals surface area contributed by atoms with E-state index < -0.39 is 18.0 Å². The maximum atomic E-state index is 13.1. The molecule has 1 fully saturated rings. The van der Waals surface area contributed by atoms with Gasteiger partial charge in [0, 0.05) is 30.6 Å². The van der Waals surface area contributed by atoms with E-state index in [9.17, 15) is 24.3 Å². The molecule has 8 heteroatoms. The van der Waals surface area contributed by atoms with Crippen molar-refractivity contribution in [1.82, 2.24) is 10.2 Å². The minimum Gasteiger partial charge on any atom is -0.465 e. The molecule has 0 saturated carbocycles. The van der Waals surface area contributed by atoms with Gasteiger partial charge in [0.2, 0.25) is 11.8 Å². The van der Waals surface area contributed by atoms with Crippen LogP contribution < -0.4 is 10.2 Å². The summed E-state index contributed by atoms with van der Waals surface area (Å²) >= 11 is 0. The van der Waals surface area contributed by atoms with Gasteiger partial charge in [0.25, 0.3) is 5.91 Å². The van der Waals surface area contributed by atoms with E-state index in [1.165, 1.54) is 80.4 Å². The second kappa shape index (κ2) is 15.5. The highest BCUT2D eigenvalue weighted by molar-refractivity contribution is 6.06. The number of hydrogen-bond acceptors (Lipinski definition) is 4. The van der Waals surface area contributed by atoms with Crippen LogP contribution in [0, 0.1) is 0 Å². The van der Waals surface area contributed by atoms with Crippen LogP contribution in [-0.4, -0.2) is 46.4 Å². The van der Waals surface area contributed by atoms with Gasteiger partial charge in [0.05, 0.1) is 5.69 Å². The number of benzene rings is 1. The second-order valence-electron chi connectivity index (χ2n) is 10.7. The largest absolute Gasteiger partial charge is 0.465 e. The number of unbranched alkanes of at least 4 members (excludes halogenated alkanes) is 13. The van der Waals surface area contributed by atoms with Gasteiger partial charge in [-0.1, -0.05) is 96.5 Å². The lowest BCUT2D eigenvalue weighted by Crippen LogP contribution is -2.52. The average molecular weight is 528 g/mol. The van der Waals surface area contributed by atoms with E-state index in [1.807, 2.05) is 0 Å². The highest BCUT2D eigenvalue weighted by atomic mass is 16.4. The lowest BCUT2D eigenvalue weighted by atomic mass is 10.0. The molecule has 2 N–H and O–H groups in total. The van der Waals surface area contributed by atoms with Crippen molar-refractivity contribution in [2.75, 3.05) is 11.4 Å². The minimum atomic E-state index is -1.04. The number of carbonyl (C=O) groups is 4. The SMILES string of the molecule is CCCCCCCCCCCCCCCCN(C(=O)O)c1cccc2c1CN(C1CCC(=O)NC1=O)C2=O. The molecule has 210 valence electrons. The van der Waals surface area contributed by atoms with Crippen molar-refractivity contribution in [3.63, 3.8) is 0 Å². The summed E-state index contributed by atoms with van der Waals surface area (Å²) in [6.07, 6.45) is 16.7. The third kappa shape index (κ3) is 8.30. The molecule has 4 amide bonds. The summed E-state index contributed by atoms with van der Waals surface area (Å²) in [6, 6.07) is 4.39. The molecule has 0 aliphatic carbocycles. The number of fused-ring (bicyclic) bond motifs is 1. The first kappa shape index (κ1) is 29.7. The number of hydrogen-bond donors (Lipinski definition) is 2. The summed E-state index contributed by atoms with van der Waals surface area (Å²) in [7, 11) is 0. The van der Waals surface area contributed by atoms with Gasteiger partial charge in [0.1, 0.15) is 6.04 Å². The predicted octanol–water partition coefficient (Wildman–Crippen LogP) is 6.41. The fourth-order valence-corrected chi connectivity index (χ4v) is 5.61. The Labute approximate surface area is 227 Å². The number of rotatable bonds is 17. The van der Waals surface area contributed by atoms with Crippen molar-refractivity contribution in [2.45, 2.75) is 122 Å². The van der Waals surface area contributed by atoms with Gasteiger partial charge in [-0.3, -0.25) is 24.6 Å². The van der Waals surface area contributed by atoms with Crippen molar-refractivity contribution in [3.8, 4) is 0 Å². The number of imide groups is 1. The molecule has 8 nitrogen and oxygen atoms in total. The van der Waals surface area contributed by atoms with Gasteiger partial charge in [0.15, 0.2) is 0 Å². The molecule has 3 rings (SSSR count). The summed E-state index contributed by atoms with van der Waals surface area (Å²) in [6.45, 7) is 2.79. The molecule has 2 aliphatic rings. The first-order chi connectivity index (χ1) is 18.4. The number of amides is 4. The van der Waals surface area contributed by atoms with Gasteiger partial charge in [-0.2, -0.15) is 0 Å². The Balaban J connectivity index is 1.41. The van der Waals surface area contributed by atoms with Crippen LogP contribution in [0.1, 0.15) is 126 Å². The van der Waals surface area contributed by atoms with Crippen LogP contribution in [0.15, 0.2) is 18.2 Å². The third-order valence-corrected chi connectivity index (χ3v) is 7.81. The van der Waals surface area contributed by atoms with E-state index in [0.717, 1.165) is 19.3 Å². The zero-order chi connectivity index (χ0) is 27.3. The Morgan fingerprint density at radius 2 is 1.50 bits per heavy atom. The maximum Gasteiger partial charge on any atom is 0.411 e. The number of carbonyl (C=O) groups excluding carboxylic acids is 3. The highest BCUT2D eigenvalue weighted by Crippen LogP contribution is 2.34. The summed E-state index contributed by atoms with van der Waals surface area (Å²) in [5.74, 6) is -1.10. The Bertz CT molecular complexity index is 963. The summed E-state index contributed by atoms with van der Waals surface area (Å²) in [5.41, 5.74) is 1.57. The van der Waals surface area contributed by atoms with Gasteiger partial charge in [-0.25, -0.2) is 4.79 Å². The van der Waals surface area contributed by atoms with Crippen molar-refractivity contribution in [1.29, 1.82) is 0 Å². The van der Waals surface area contributed by atoms with Crippen molar-refractivity contribution in [2.24, 2.45) is 0 Å². The number of anilines is 1. The lowest BCUT2D eigenvalue weighted by Gasteiger charge is -2.29. The Morgan fingerprint density at radius 1 is 0.921 bits per heavy atom. The molecule has 2 heterocycles. The smallest absolute Gasteiger partial charge is 0.411 e. The van der Waals surface area contributed by atoms with Gasteiger partial charge in [-0.15, -0.1) is 0 Å². The molecule has 0 bridgehead atoms. The molecule has 1 aromatic rings. The monoisotopic (exact) mass is 527 g/mol. The van der Waals surface area contributed by atoms with Crippen LogP contribution in [0.4, 0.5) is 10.5 Å². The predicted molar refractivity (Wildman–Crippen MR) is 148 cm³/mol. The minimum absolute atomic E-state index is 0.166. The van der Waals surface area contributed by atoms with E-state index in [-0.39, 0.29) is 31.2 Å². The summed E-state index contributed by atoms with van der Waals surface area (Å²) in [5, 5.41) is 12.2. The van der Waals surface area contributed by atoms with Crippen LogP contribution in [-0.2, 0) is 16.1 Å². The molecule has 0 spiro atoms. The van der Waals surface area contributed by atoms with Crippen LogP contribution in [0.5, 0.6) is 0 Å². The van der Waals surface area contributed by atoms with Crippen molar-refractivity contribution < 1.29 is 24.3 Å². The molecule has 2 aliphatic heterocycles. The van der Waals surface area contributed by atoms with Crippen LogP contribution in [0.25, 0.3) is 0 Å². The van der Waals surface area contributed by atoms with E-state index in [1.54, 1.807) is 18.2 Å². The molecule has 1 unspecified atom stereocenters. The van der Waals surface area contributed by atoms with Gasteiger partial charge >= 0.3 is 6.09 Å². The Hall–Kier alpha value is -2.90. The Kier molecular flexibility index (Phi) is 12.1. The van der Waals surface area contributed by atoms with E-state index in [2.05, 4.69) is 12.2 Å². The first-order valence-electron chi connectivity index (χ1n) is 14.7. The molecule has 0 aromatic heterocycles. The zero-order valence-electron chi connectivity index (χ0n) is 23.0. The fraction of sp³-hybridized carbons (Fsp3) is 0.667. The number of nitrogens with one attached hydrogen (secondary N) is 1. The standard InChI is InChI=1S/C30H45N3O5/c1-2-3-4-5-6-7-8-9-10-11-12-13-14-15-21-32(30(37)38)25-18-16-17-23-24(25)22-33(29(23)36)26-19-20-27(34)31-28(26)35/h16-18,26H,2-15,19-22H2,1H3,(H,37,38)(H,31,34,35).